The van der Waals surface area contributed by atoms with Gasteiger partial charge in [-0.25, -0.2) is 0 Å². The third-order valence-electron chi connectivity index (χ3n) is 4.83. The number of amides is 2. The number of hydrogen-bond acceptors (Lipinski definition) is 4. The van der Waals surface area contributed by atoms with Gasteiger partial charge in [0.25, 0.3) is 0 Å². The van der Waals surface area contributed by atoms with Gasteiger partial charge in [0.05, 0.1) is 7.11 Å². The topological polar surface area (TPSA) is 58.6 Å². The Labute approximate surface area is 184 Å². The van der Waals surface area contributed by atoms with Crippen LogP contribution < -0.4 is 10.1 Å². The second kappa shape index (κ2) is 12.3. The number of ether oxygens (including phenoxy) is 1. The first-order valence-corrected chi connectivity index (χ1v) is 11.4. The number of methoxy groups -OCH3 is 1. The number of carbonyl (C=O) groups excluding carboxylic acids is 2. The Hall–Kier alpha value is -2.47. The van der Waals surface area contributed by atoms with Gasteiger partial charge in [0.15, 0.2) is 0 Å². The average Bonchev–Trinajstić information content (AvgIpc) is 2.75. The van der Waals surface area contributed by atoms with Crippen molar-refractivity contribution in [2.45, 2.75) is 51.1 Å². The number of thioether (sulfide) groups is 1. The van der Waals surface area contributed by atoms with Gasteiger partial charge in [0.2, 0.25) is 11.8 Å². The number of nitrogens with zero attached hydrogens (tertiary/aromatic N) is 1. The highest BCUT2D eigenvalue weighted by Crippen LogP contribution is 2.22. The molecular formula is C24H32N2O3S. The summed E-state index contributed by atoms with van der Waals surface area (Å²) in [5.41, 5.74) is 2.16. The zero-order chi connectivity index (χ0) is 21.9. The minimum atomic E-state index is -0.493. The molecule has 0 bridgehead atoms. The quantitative estimate of drug-likeness (QED) is 0.538. The first-order chi connectivity index (χ1) is 14.5. The fraction of sp³-hybridized carbons (Fsp3) is 0.417. The summed E-state index contributed by atoms with van der Waals surface area (Å²) >= 11 is 1.66. The highest BCUT2D eigenvalue weighted by atomic mass is 32.2. The van der Waals surface area contributed by atoms with Crippen LogP contribution in [0.3, 0.4) is 0 Å². The van der Waals surface area contributed by atoms with Gasteiger partial charge in [0.1, 0.15) is 11.8 Å². The van der Waals surface area contributed by atoms with Gasteiger partial charge in [-0.05, 0) is 50.1 Å². The Balaban J connectivity index is 2.12. The zero-order valence-electron chi connectivity index (χ0n) is 18.3. The normalized spacial score (nSPS) is 11.6. The third kappa shape index (κ3) is 7.10. The molecule has 30 heavy (non-hydrogen) atoms. The second-order valence-corrected chi connectivity index (χ2v) is 8.27. The van der Waals surface area contributed by atoms with Crippen LogP contribution in [0.1, 0.15) is 37.8 Å². The highest BCUT2D eigenvalue weighted by Gasteiger charge is 2.28. The van der Waals surface area contributed by atoms with Crippen molar-refractivity contribution in [3.05, 3.63) is 59.7 Å². The van der Waals surface area contributed by atoms with Crippen molar-refractivity contribution < 1.29 is 14.3 Å². The maximum atomic E-state index is 13.2. The minimum Gasteiger partial charge on any atom is -0.497 e. The predicted octanol–water partition coefficient (Wildman–Crippen LogP) is 4.43. The molecule has 0 fully saturated rings. The Morgan fingerprint density at radius 2 is 1.87 bits per heavy atom. The monoisotopic (exact) mass is 428 g/mol. The van der Waals surface area contributed by atoms with E-state index in [0.717, 1.165) is 16.2 Å². The molecule has 2 rings (SSSR count). The van der Waals surface area contributed by atoms with Gasteiger partial charge in [-0.1, -0.05) is 36.8 Å². The summed E-state index contributed by atoms with van der Waals surface area (Å²) < 4.78 is 5.31. The summed E-state index contributed by atoms with van der Waals surface area (Å²) in [6.45, 7) is 6.80. The van der Waals surface area contributed by atoms with Gasteiger partial charge < -0.3 is 15.0 Å². The van der Waals surface area contributed by atoms with E-state index in [-0.39, 0.29) is 11.8 Å². The molecule has 162 valence electrons. The molecule has 0 aliphatic carbocycles. The van der Waals surface area contributed by atoms with E-state index < -0.39 is 6.04 Å². The van der Waals surface area contributed by atoms with E-state index in [0.29, 0.717) is 31.7 Å². The van der Waals surface area contributed by atoms with Crippen LogP contribution in [0, 0.1) is 6.92 Å². The lowest BCUT2D eigenvalue weighted by Crippen LogP contribution is -2.49. The molecule has 0 saturated carbocycles. The number of nitrogens with one attached hydrogen (secondary N) is 1. The van der Waals surface area contributed by atoms with Crippen LogP contribution in [0.15, 0.2) is 53.4 Å². The van der Waals surface area contributed by atoms with Crippen molar-refractivity contribution in [3.8, 4) is 5.75 Å². The highest BCUT2D eigenvalue weighted by molar-refractivity contribution is 7.99. The number of aryl methyl sites for hydroxylation is 1. The first kappa shape index (κ1) is 23.8. The largest absolute Gasteiger partial charge is 0.497 e. The third-order valence-corrected chi connectivity index (χ3v) is 5.84. The van der Waals surface area contributed by atoms with E-state index >= 15 is 0 Å². The second-order valence-electron chi connectivity index (χ2n) is 7.10. The molecular weight excluding hydrogens is 396 g/mol. The molecule has 0 aromatic heterocycles. The molecule has 2 aromatic rings. The van der Waals surface area contributed by atoms with Gasteiger partial charge >= 0.3 is 0 Å². The zero-order valence-corrected chi connectivity index (χ0v) is 19.1. The molecule has 6 heteroatoms. The van der Waals surface area contributed by atoms with Crippen LogP contribution in [0.4, 0.5) is 0 Å². The number of rotatable bonds is 11. The van der Waals surface area contributed by atoms with Gasteiger partial charge in [-0.15, -0.1) is 11.8 Å². The van der Waals surface area contributed by atoms with E-state index in [1.807, 2.05) is 38.1 Å². The molecule has 0 unspecified atom stereocenters. The number of hydrogen-bond donors (Lipinski definition) is 1. The molecule has 0 spiro atoms. The van der Waals surface area contributed by atoms with E-state index in [1.54, 1.807) is 23.8 Å². The van der Waals surface area contributed by atoms with E-state index in [2.05, 4.69) is 36.5 Å². The molecule has 0 aliphatic heterocycles. The summed E-state index contributed by atoms with van der Waals surface area (Å²) in [6, 6.07) is 15.4. The van der Waals surface area contributed by atoms with Gasteiger partial charge in [-0.2, -0.15) is 0 Å². The molecule has 0 aliphatic rings. The smallest absolute Gasteiger partial charge is 0.242 e. The van der Waals surface area contributed by atoms with Crippen LogP contribution in [0.2, 0.25) is 0 Å². The first-order valence-electron chi connectivity index (χ1n) is 10.4. The van der Waals surface area contributed by atoms with Crippen LogP contribution in [0.5, 0.6) is 5.75 Å². The van der Waals surface area contributed by atoms with Crippen LogP contribution >= 0.6 is 11.8 Å². The molecule has 0 saturated heterocycles. The Kier molecular flexibility index (Phi) is 9.74. The summed E-state index contributed by atoms with van der Waals surface area (Å²) in [5.74, 6) is 1.28. The number of likely N-dealkylation sites (N-methyl/N-ethyl adjacent to an activating group) is 1. The van der Waals surface area contributed by atoms with E-state index in [4.69, 9.17) is 4.74 Å². The molecule has 5 nitrogen and oxygen atoms in total. The standard InChI is InChI=1S/C24H32N2O3S/c1-5-22(24(28)25-6-2)26(17-19-8-7-9-20(16-19)29-4)23(27)14-15-30-21-12-10-18(3)11-13-21/h7-13,16,22H,5-6,14-15,17H2,1-4H3,(H,25,28)/t22-/m1/s1. The molecule has 1 atom stereocenters. The molecule has 0 radical (unpaired) electrons. The number of carbonyl (C=O) groups is 2. The van der Waals surface area contributed by atoms with Gasteiger partial charge in [-0.3, -0.25) is 9.59 Å². The van der Waals surface area contributed by atoms with Crippen molar-refractivity contribution in [3.63, 3.8) is 0 Å². The fourth-order valence-corrected chi connectivity index (χ4v) is 4.05. The lowest BCUT2D eigenvalue weighted by atomic mass is 10.1. The van der Waals surface area contributed by atoms with Crippen LogP contribution in [-0.4, -0.2) is 42.2 Å². The van der Waals surface area contributed by atoms with Crippen molar-refractivity contribution in [2.24, 2.45) is 0 Å². The minimum absolute atomic E-state index is 0.0180. The predicted molar refractivity (Wildman–Crippen MR) is 123 cm³/mol. The average molecular weight is 429 g/mol. The summed E-state index contributed by atoms with van der Waals surface area (Å²) in [4.78, 5) is 28.6. The summed E-state index contributed by atoms with van der Waals surface area (Å²) in [5, 5.41) is 2.86. The Morgan fingerprint density at radius 3 is 2.50 bits per heavy atom. The van der Waals surface area contributed by atoms with Crippen molar-refractivity contribution in [1.82, 2.24) is 10.2 Å². The Morgan fingerprint density at radius 1 is 1.13 bits per heavy atom. The fourth-order valence-electron chi connectivity index (χ4n) is 3.21. The van der Waals surface area contributed by atoms with Crippen molar-refractivity contribution in [2.75, 3.05) is 19.4 Å². The number of benzene rings is 2. The van der Waals surface area contributed by atoms with Gasteiger partial charge in [0, 0.05) is 30.2 Å². The maximum absolute atomic E-state index is 13.2. The molecule has 0 heterocycles. The SMILES string of the molecule is CCNC(=O)[C@@H](CC)N(Cc1cccc(OC)c1)C(=O)CCSc1ccc(C)cc1. The molecule has 1 N–H and O–H groups in total. The summed E-state index contributed by atoms with van der Waals surface area (Å²) in [7, 11) is 1.62. The lowest BCUT2D eigenvalue weighted by molar-refractivity contribution is -0.141. The van der Waals surface area contributed by atoms with E-state index in [1.165, 1.54) is 5.56 Å². The van der Waals surface area contributed by atoms with Crippen LogP contribution in [-0.2, 0) is 16.1 Å². The van der Waals surface area contributed by atoms with Crippen molar-refractivity contribution >= 4 is 23.6 Å². The van der Waals surface area contributed by atoms with Crippen LogP contribution in [0.25, 0.3) is 0 Å². The summed E-state index contributed by atoms with van der Waals surface area (Å²) in [6.07, 6.45) is 0.936. The van der Waals surface area contributed by atoms with E-state index in [9.17, 15) is 9.59 Å². The lowest BCUT2D eigenvalue weighted by Gasteiger charge is -2.30. The maximum Gasteiger partial charge on any atom is 0.242 e. The Bertz CT molecular complexity index is 823. The molecule has 2 aromatic carbocycles. The van der Waals surface area contributed by atoms with Crippen molar-refractivity contribution in [1.29, 1.82) is 0 Å². The molecule has 2 amide bonds.